The number of nitrogens with one attached hydrogen (secondary N) is 3. The number of ether oxygens (including phenoxy) is 3. The van der Waals surface area contributed by atoms with Gasteiger partial charge in [-0.1, -0.05) is 30.3 Å². The van der Waals surface area contributed by atoms with Crippen LogP contribution in [0, 0.1) is 0 Å². The first-order chi connectivity index (χ1) is 17.8. The number of carbonyl (C=O) groups is 2. The van der Waals surface area contributed by atoms with Crippen molar-refractivity contribution in [2.24, 2.45) is 0 Å². The van der Waals surface area contributed by atoms with E-state index < -0.39 is 11.7 Å². The molecule has 3 aromatic rings. The standard InChI is InChI=1S/C27H31N5O5/c1-27(2,3)37-26(34)28-15-17-35-21-12-8-7-11-20(21)30-23-14-13-22-24(31-23)32(16-18-36-22)25(33)29-19-9-5-4-6-10-19/h4-14H,15-18H2,1-3H3,(H,28,34)(H,29,33)(H,30,31). The van der Waals surface area contributed by atoms with E-state index in [1.165, 1.54) is 0 Å². The highest BCUT2D eigenvalue weighted by molar-refractivity contribution is 6.02. The quantitative estimate of drug-likeness (QED) is 0.380. The highest BCUT2D eigenvalue weighted by Gasteiger charge is 2.26. The highest BCUT2D eigenvalue weighted by atomic mass is 16.6. The molecule has 1 aliphatic heterocycles. The maximum Gasteiger partial charge on any atom is 0.407 e. The predicted octanol–water partition coefficient (Wildman–Crippen LogP) is 5.16. The number of amides is 3. The lowest BCUT2D eigenvalue weighted by Crippen LogP contribution is -2.41. The van der Waals surface area contributed by atoms with Gasteiger partial charge < -0.3 is 30.2 Å². The summed E-state index contributed by atoms with van der Waals surface area (Å²) < 4.78 is 16.8. The van der Waals surface area contributed by atoms with E-state index in [1.807, 2.05) is 54.6 Å². The zero-order valence-electron chi connectivity index (χ0n) is 21.1. The number of nitrogens with zero attached hydrogens (tertiary/aromatic N) is 2. The minimum atomic E-state index is -0.563. The number of urea groups is 1. The Kier molecular flexibility index (Phi) is 7.97. The van der Waals surface area contributed by atoms with Crippen molar-refractivity contribution in [2.75, 3.05) is 41.8 Å². The molecule has 2 heterocycles. The molecule has 0 saturated carbocycles. The Morgan fingerprint density at radius 1 is 1.03 bits per heavy atom. The predicted molar refractivity (Wildman–Crippen MR) is 142 cm³/mol. The normalized spacial score (nSPS) is 12.6. The zero-order valence-corrected chi connectivity index (χ0v) is 21.1. The number of para-hydroxylation sites is 3. The van der Waals surface area contributed by atoms with Gasteiger partial charge in [-0.15, -0.1) is 0 Å². The lowest BCUT2D eigenvalue weighted by molar-refractivity contribution is 0.0520. The molecule has 0 bridgehead atoms. The number of rotatable bonds is 7. The van der Waals surface area contributed by atoms with Gasteiger partial charge in [0.2, 0.25) is 0 Å². The fraction of sp³-hybridized carbons (Fsp3) is 0.296. The van der Waals surface area contributed by atoms with Crippen molar-refractivity contribution in [3.63, 3.8) is 0 Å². The number of pyridine rings is 1. The van der Waals surface area contributed by atoms with E-state index in [9.17, 15) is 9.59 Å². The molecule has 0 aliphatic carbocycles. The first-order valence-corrected chi connectivity index (χ1v) is 12.0. The van der Waals surface area contributed by atoms with E-state index in [4.69, 9.17) is 14.2 Å². The van der Waals surface area contributed by atoms with Crippen LogP contribution in [-0.2, 0) is 4.74 Å². The van der Waals surface area contributed by atoms with Crippen molar-refractivity contribution in [1.29, 1.82) is 0 Å². The molecule has 194 valence electrons. The maximum atomic E-state index is 13.0. The van der Waals surface area contributed by atoms with Gasteiger partial charge in [-0.3, -0.25) is 4.90 Å². The molecule has 37 heavy (non-hydrogen) atoms. The second-order valence-corrected chi connectivity index (χ2v) is 9.21. The molecule has 0 radical (unpaired) electrons. The monoisotopic (exact) mass is 505 g/mol. The van der Waals surface area contributed by atoms with E-state index in [0.29, 0.717) is 47.7 Å². The molecule has 0 spiro atoms. The van der Waals surface area contributed by atoms with Crippen LogP contribution < -0.4 is 30.3 Å². The van der Waals surface area contributed by atoms with Crippen molar-refractivity contribution in [3.05, 3.63) is 66.7 Å². The highest BCUT2D eigenvalue weighted by Crippen LogP contribution is 2.33. The average molecular weight is 506 g/mol. The molecule has 4 rings (SSSR count). The summed E-state index contributed by atoms with van der Waals surface area (Å²) >= 11 is 0. The minimum Gasteiger partial charge on any atom is -0.490 e. The summed E-state index contributed by atoms with van der Waals surface area (Å²) in [5.74, 6) is 2.05. The number of carbonyl (C=O) groups excluding carboxylic acids is 2. The molecule has 0 fully saturated rings. The lowest BCUT2D eigenvalue weighted by atomic mass is 10.2. The van der Waals surface area contributed by atoms with Crippen LogP contribution in [0.15, 0.2) is 66.7 Å². The lowest BCUT2D eigenvalue weighted by Gasteiger charge is -2.29. The molecule has 10 nitrogen and oxygen atoms in total. The first-order valence-electron chi connectivity index (χ1n) is 12.0. The maximum absolute atomic E-state index is 13.0. The fourth-order valence-electron chi connectivity index (χ4n) is 3.54. The van der Waals surface area contributed by atoms with E-state index in [2.05, 4.69) is 20.9 Å². The summed E-state index contributed by atoms with van der Waals surface area (Å²) in [5, 5.41) is 8.81. The second-order valence-electron chi connectivity index (χ2n) is 9.21. The SMILES string of the molecule is CC(C)(C)OC(=O)NCCOc1ccccc1Nc1ccc2c(n1)N(C(=O)Nc1ccccc1)CCO2. The smallest absolute Gasteiger partial charge is 0.407 e. The molecule has 0 saturated heterocycles. The van der Waals surface area contributed by atoms with Crippen LogP contribution in [0.5, 0.6) is 11.5 Å². The first kappa shape index (κ1) is 25.6. The third-order valence-electron chi connectivity index (χ3n) is 5.12. The Morgan fingerprint density at radius 2 is 1.78 bits per heavy atom. The molecular weight excluding hydrogens is 474 g/mol. The van der Waals surface area contributed by atoms with Crippen molar-refractivity contribution in [3.8, 4) is 11.5 Å². The summed E-state index contributed by atoms with van der Waals surface area (Å²) in [7, 11) is 0. The van der Waals surface area contributed by atoms with Gasteiger partial charge >= 0.3 is 12.1 Å². The Bertz CT molecular complexity index is 1230. The topological polar surface area (TPSA) is 114 Å². The number of benzene rings is 2. The molecule has 3 N–H and O–H groups in total. The molecule has 0 unspecified atom stereocenters. The number of alkyl carbamates (subject to hydrolysis) is 1. The van der Waals surface area contributed by atoms with Crippen LogP contribution in [0.25, 0.3) is 0 Å². The fourth-order valence-corrected chi connectivity index (χ4v) is 3.54. The second kappa shape index (κ2) is 11.5. The van der Waals surface area contributed by atoms with Crippen molar-refractivity contribution in [1.82, 2.24) is 10.3 Å². The average Bonchev–Trinajstić information content (AvgIpc) is 2.86. The molecular formula is C27H31N5O5. The molecule has 2 aromatic carbocycles. The van der Waals surface area contributed by atoms with Gasteiger partial charge in [0.15, 0.2) is 11.6 Å². The van der Waals surface area contributed by atoms with E-state index in [-0.39, 0.29) is 19.2 Å². The molecule has 0 atom stereocenters. The Hall–Kier alpha value is -4.47. The third-order valence-corrected chi connectivity index (χ3v) is 5.12. The van der Waals surface area contributed by atoms with Crippen LogP contribution in [0.2, 0.25) is 0 Å². The van der Waals surface area contributed by atoms with Gasteiger partial charge in [-0.2, -0.15) is 0 Å². The Labute approximate surface area is 215 Å². The van der Waals surface area contributed by atoms with Crippen molar-refractivity contribution >= 4 is 35.1 Å². The van der Waals surface area contributed by atoms with E-state index in [1.54, 1.807) is 37.8 Å². The van der Waals surface area contributed by atoms with Crippen LogP contribution in [0.4, 0.5) is 32.6 Å². The van der Waals surface area contributed by atoms with Gasteiger partial charge in [-0.25, -0.2) is 14.6 Å². The largest absolute Gasteiger partial charge is 0.490 e. The van der Waals surface area contributed by atoms with Crippen LogP contribution in [0.1, 0.15) is 20.8 Å². The molecule has 3 amide bonds. The van der Waals surface area contributed by atoms with Gasteiger partial charge in [0.1, 0.15) is 30.4 Å². The Balaban J connectivity index is 1.41. The van der Waals surface area contributed by atoms with E-state index >= 15 is 0 Å². The minimum absolute atomic E-state index is 0.247. The number of aromatic nitrogens is 1. The summed E-state index contributed by atoms with van der Waals surface area (Å²) in [5.41, 5.74) is 0.818. The van der Waals surface area contributed by atoms with Crippen LogP contribution in [0.3, 0.4) is 0 Å². The van der Waals surface area contributed by atoms with Gasteiger partial charge in [0.25, 0.3) is 0 Å². The third kappa shape index (κ3) is 7.26. The van der Waals surface area contributed by atoms with Gasteiger partial charge in [-0.05, 0) is 57.2 Å². The van der Waals surface area contributed by atoms with Crippen LogP contribution >= 0.6 is 0 Å². The number of anilines is 4. The number of fused-ring (bicyclic) bond motifs is 1. The van der Waals surface area contributed by atoms with Gasteiger partial charge in [0.05, 0.1) is 18.8 Å². The molecule has 1 aliphatic rings. The Morgan fingerprint density at radius 3 is 2.57 bits per heavy atom. The summed E-state index contributed by atoms with van der Waals surface area (Å²) in [6, 6.07) is 19.9. The van der Waals surface area contributed by atoms with Crippen molar-refractivity contribution < 1.29 is 23.8 Å². The summed E-state index contributed by atoms with van der Waals surface area (Å²) in [4.78, 5) is 31.0. The molecule has 10 heteroatoms. The number of hydrogen-bond acceptors (Lipinski definition) is 7. The van der Waals surface area contributed by atoms with E-state index in [0.717, 1.165) is 0 Å². The summed E-state index contributed by atoms with van der Waals surface area (Å²) in [6.07, 6.45) is -0.496. The van der Waals surface area contributed by atoms with Crippen LogP contribution in [-0.4, -0.2) is 49.0 Å². The molecule has 1 aromatic heterocycles. The van der Waals surface area contributed by atoms with Gasteiger partial charge in [0, 0.05) is 5.69 Å². The van der Waals surface area contributed by atoms with Crippen molar-refractivity contribution in [2.45, 2.75) is 26.4 Å². The number of hydrogen-bond donors (Lipinski definition) is 3. The summed E-state index contributed by atoms with van der Waals surface area (Å²) in [6.45, 7) is 6.69. The zero-order chi connectivity index (χ0) is 26.3.